The predicted molar refractivity (Wildman–Crippen MR) is 156 cm³/mol. The molecule has 2 aromatic carbocycles. The zero-order chi connectivity index (χ0) is 27.5. The van der Waals surface area contributed by atoms with Crippen LogP contribution in [-0.2, 0) is 19.6 Å². The molecule has 0 aliphatic rings. The molecule has 208 valence electrons. The minimum absolute atomic E-state index is 0. The van der Waals surface area contributed by atoms with Crippen LogP contribution in [0.5, 0.6) is 0 Å². The van der Waals surface area contributed by atoms with Gasteiger partial charge in [-0.3, -0.25) is 0 Å². The minimum atomic E-state index is -0.788. The van der Waals surface area contributed by atoms with Crippen molar-refractivity contribution in [3.8, 4) is 33.8 Å². The highest BCUT2D eigenvalue weighted by Crippen LogP contribution is 2.31. The maximum absolute atomic E-state index is 14.2. The molecule has 0 aliphatic heterocycles. The van der Waals surface area contributed by atoms with Crippen LogP contribution in [0.4, 0.5) is 4.39 Å². The van der Waals surface area contributed by atoms with Crippen molar-refractivity contribution in [3.05, 3.63) is 101 Å². The number of nitrogens with zero attached hydrogens (tertiary/aromatic N) is 7. The lowest BCUT2D eigenvalue weighted by molar-refractivity contribution is -0.593. The van der Waals surface area contributed by atoms with Gasteiger partial charge in [-0.2, -0.15) is 9.94 Å². The van der Waals surface area contributed by atoms with Crippen molar-refractivity contribution in [1.29, 1.82) is 0 Å². The molecular weight excluding hydrogens is 519 g/mol. The third-order valence-corrected chi connectivity index (χ3v) is 6.98. The first-order valence-corrected chi connectivity index (χ1v) is 13.2. The number of rotatable bonds is 9. The number of aryl methyl sites for hydroxylation is 1. The van der Waals surface area contributed by atoms with E-state index in [1.807, 2.05) is 24.3 Å². The van der Waals surface area contributed by atoms with Crippen LogP contribution in [0, 0.1) is 5.21 Å². The van der Waals surface area contributed by atoms with E-state index in [4.69, 9.17) is 9.97 Å². The van der Waals surface area contributed by atoms with E-state index < -0.39 is 6.67 Å². The minimum Gasteiger partial charge on any atom is -0.618 e. The van der Waals surface area contributed by atoms with Crippen LogP contribution in [0.25, 0.3) is 44.9 Å². The molecule has 0 fully saturated rings. The number of benzene rings is 2. The van der Waals surface area contributed by atoms with Crippen LogP contribution < -0.4 is 4.73 Å². The highest BCUT2D eigenvalue weighted by molar-refractivity contribution is 5.81. The number of halogens is 1. The van der Waals surface area contributed by atoms with Gasteiger partial charge in [0.25, 0.3) is 0 Å². The number of alkyl halides is 1. The summed E-state index contributed by atoms with van der Waals surface area (Å²) >= 11 is 0. The SMILES string of the molecule is C.CCCCc1nc2cc(-c3cccc[n+]3[O-])c(CF)nc2n1Cc1ccc(-c2ccccc2-c2nn[nH]n2)cc1. The molecule has 0 amide bonds. The van der Waals surface area contributed by atoms with Gasteiger partial charge in [0, 0.05) is 24.1 Å². The number of unbranched alkanes of at least 4 members (excludes halogenated alkanes) is 1. The van der Waals surface area contributed by atoms with Gasteiger partial charge in [-0.05, 0) is 40.5 Å². The Hall–Kier alpha value is -4.99. The molecule has 0 unspecified atom stereocenters. The molecule has 0 atom stereocenters. The average molecular weight is 551 g/mol. The van der Waals surface area contributed by atoms with Gasteiger partial charge >= 0.3 is 0 Å². The highest BCUT2D eigenvalue weighted by Gasteiger charge is 2.20. The molecule has 0 bridgehead atoms. The monoisotopic (exact) mass is 550 g/mol. The van der Waals surface area contributed by atoms with Crippen molar-refractivity contribution in [2.45, 2.75) is 46.8 Å². The number of pyridine rings is 2. The summed E-state index contributed by atoms with van der Waals surface area (Å²) < 4.78 is 17.0. The van der Waals surface area contributed by atoms with Gasteiger partial charge in [-0.1, -0.05) is 69.3 Å². The topological polar surface area (TPSA) is 112 Å². The van der Waals surface area contributed by atoms with E-state index >= 15 is 0 Å². The van der Waals surface area contributed by atoms with Crippen LogP contribution in [0.2, 0.25) is 0 Å². The van der Waals surface area contributed by atoms with E-state index in [2.05, 4.69) is 56.4 Å². The summed E-state index contributed by atoms with van der Waals surface area (Å²) in [5.41, 5.74) is 6.28. The first-order chi connectivity index (χ1) is 19.7. The van der Waals surface area contributed by atoms with Crippen molar-refractivity contribution in [3.63, 3.8) is 0 Å². The third-order valence-electron chi connectivity index (χ3n) is 6.98. The maximum Gasteiger partial charge on any atom is 0.225 e. The van der Waals surface area contributed by atoms with Gasteiger partial charge in [0.05, 0.1) is 17.8 Å². The number of imidazole rings is 1. The number of nitrogens with one attached hydrogen (secondary N) is 1. The lowest BCUT2D eigenvalue weighted by atomic mass is 9.98. The largest absolute Gasteiger partial charge is 0.618 e. The second-order valence-corrected chi connectivity index (χ2v) is 9.57. The number of fused-ring (bicyclic) bond motifs is 1. The fraction of sp³-hybridized carbons (Fsp3) is 0.226. The molecule has 4 aromatic heterocycles. The molecule has 41 heavy (non-hydrogen) atoms. The standard InChI is InChI=1S/C30H27FN8O.CH4/c1-2-3-11-28-32-25-17-24(27-10-6-7-16-39(27)40)26(18-31)33-30(25)38(28)19-20-12-14-21(15-13-20)22-8-4-5-9-23(22)29-34-36-37-35-29;/h4-10,12-17H,2-3,11,18-19H2,1H3,(H,34,35,36,37);1H4. The zero-order valence-corrected chi connectivity index (χ0v) is 22.0. The molecular formula is C31H31FN8O. The van der Waals surface area contributed by atoms with Crippen molar-refractivity contribution >= 4 is 11.2 Å². The van der Waals surface area contributed by atoms with Gasteiger partial charge < -0.3 is 9.77 Å². The quantitative estimate of drug-likeness (QED) is 0.173. The molecule has 6 rings (SSSR count). The van der Waals surface area contributed by atoms with Crippen LogP contribution in [0.1, 0.15) is 44.3 Å². The van der Waals surface area contributed by atoms with Crippen LogP contribution in [0.15, 0.2) is 79.0 Å². The summed E-state index contributed by atoms with van der Waals surface area (Å²) in [6, 6.07) is 23.1. The van der Waals surface area contributed by atoms with E-state index in [9.17, 15) is 9.60 Å². The van der Waals surface area contributed by atoms with Crippen molar-refractivity contribution < 1.29 is 9.12 Å². The smallest absolute Gasteiger partial charge is 0.225 e. The Morgan fingerprint density at radius 1 is 0.951 bits per heavy atom. The molecule has 4 heterocycles. The van der Waals surface area contributed by atoms with Gasteiger partial charge in [0.15, 0.2) is 11.8 Å². The van der Waals surface area contributed by atoms with E-state index in [1.54, 1.807) is 24.3 Å². The van der Waals surface area contributed by atoms with Crippen molar-refractivity contribution in [1.82, 2.24) is 35.2 Å². The molecule has 0 aliphatic carbocycles. The Kier molecular flexibility index (Phi) is 8.09. The number of hydrogen-bond acceptors (Lipinski definition) is 6. The Morgan fingerprint density at radius 3 is 2.44 bits per heavy atom. The molecule has 0 spiro atoms. The molecule has 6 aromatic rings. The Bertz CT molecular complexity index is 1760. The fourth-order valence-electron chi connectivity index (χ4n) is 4.96. The zero-order valence-electron chi connectivity index (χ0n) is 22.0. The van der Waals surface area contributed by atoms with E-state index in [0.29, 0.717) is 34.8 Å². The van der Waals surface area contributed by atoms with Crippen LogP contribution in [-0.4, -0.2) is 35.2 Å². The summed E-state index contributed by atoms with van der Waals surface area (Å²) in [7, 11) is 0. The highest BCUT2D eigenvalue weighted by atomic mass is 19.1. The number of tetrazole rings is 1. The molecule has 1 N–H and O–H groups in total. The molecule has 0 saturated carbocycles. The predicted octanol–water partition coefficient (Wildman–Crippen LogP) is 6.08. The number of H-pyrrole nitrogens is 1. The molecule has 0 radical (unpaired) electrons. The third kappa shape index (κ3) is 5.41. The fourth-order valence-corrected chi connectivity index (χ4v) is 4.96. The molecule has 0 saturated heterocycles. The molecule has 10 heteroatoms. The van der Waals surface area contributed by atoms with Gasteiger partial charge in [0.1, 0.15) is 18.0 Å². The van der Waals surface area contributed by atoms with E-state index in [1.165, 1.54) is 6.20 Å². The lowest BCUT2D eigenvalue weighted by Crippen LogP contribution is -2.28. The van der Waals surface area contributed by atoms with Crippen LogP contribution in [0.3, 0.4) is 0 Å². The normalized spacial score (nSPS) is 11.1. The van der Waals surface area contributed by atoms with Gasteiger partial charge in [-0.15, -0.1) is 10.2 Å². The second kappa shape index (κ2) is 12.0. The van der Waals surface area contributed by atoms with Gasteiger partial charge in [-0.25, -0.2) is 14.4 Å². The Morgan fingerprint density at radius 2 is 1.73 bits per heavy atom. The van der Waals surface area contributed by atoms with Crippen LogP contribution >= 0.6 is 0 Å². The summed E-state index contributed by atoms with van der Waals surface area (Å²) in [5, 5.41) is 26.9. The summed E-state index contributed by atoms with van der Waals surface area (Å²) in [4.78, 5) is 9.58. The average Bonchev–Trinajstić information content (AvgIpc) is 3.64. The lowest BCUT2D eigenvalue weighted by Gasteiger charge is -2.12. The number of aromatic amines is 1. The van der Waals surface area contributed by atoms with E-state index in [-0.39, 0.29) is 13.1 Å². The summed E-state index contributed by atoms with van der Waals surface area (Å²) in [6.45, 7) is 1.88. The van der Waals surface area contributed by atoms with Gasteiger partial charge in [0.2, 0.25) is 11.5 Å². The van der Waals surface area contributed by atoms with E-state index in [0.717, 1.165) is 52.1 Å². The number of hydrogen-bond donors (Lipinski definition) is 1. The Labute approximate surface area is 237 Å². The first-order valence-electron chi connectivity index (χ1n) is 13.2. The Balaban J connectivity index is 0.00000337. The second-order valence-electron chi connectivity index (χ2n) is 9.57. The summed E-state index contributed by atoms with van der Waals surface area (Å²) in [6.07, 6.45) is 4.16. The number of aromatic nitrogens is 8. The maximum atomic E-state index is 14.2. The van der Waals surface area contributed by atoms with Crippen molar-refractivity contribution in [2.24, 2.45) is 0 Å². The first kappa shape index (κ1) is 27.6. The van der Waals surface area contributed by atoms with Crippen molar-refractivity contribution in [2.75, 3.05) is 0 Å². The molecule has 9 nitrogen and oxygen atoms in total. The summed E-state index contributed by atoms with van der Waals surface area (Å²) in [5.74, 6) is 1.43.